The molecule has 2 aliphatic rings. The first-order valence-electron chi connectivity index (χ1n) is 9.94. The topological polar surface area (TPSA) is 70.5 Å². The van der Waals surface area contributed by atoms with Gasteiger partial charge in [-0.25, -0.2) is 0 Å². The number of carbonyl (C=O) groups excluding carboxylic acids is 1. The Labute approximate surface area is 170 Å². The van der Waals surface area contributed by atoms with Crippen molar-refractivity contribution >= 4 is 11.6 Å². The van der Waals surface area contributed by atoms with Crippen LogP contribution in [0.4, 0.5) is 5.69 Å². The van der Waals surface area contributed by atoms with Crippen LogP contribution in [0, 0.1) is 0 Å². The second-order valence-corrected chi connectivity index (χ2v) is 7.30. The van der Waals surface area contributed by atoms with Crippen LogP contribution in [0.1, 0.15) is 24.4 Å². The average Bonchev–Trinajstić information content (AvgIpc) is 3.21. The third kappa shape index (κ3) is 4.24. The first-order valence-corrected chi connectivity index (χ1v) is 9.94. The SMILES string of the molecule is COc1ccc(OC)c(NC(=O)C[NH+]2CCC[C@H]2c2ccc3c(c2)OCCO3)c1. The van der Waals surface area contributed by atoms with Gasteiger partial charge in [0.2, 0.25) is 0 Å². The summed E-state index contributed by atoms with van der Waals surface area (Å²) >= 11 is 0. The van der Waals surface area contributed by atoms with Gasteiger partial charge in [-0.2, -0.15) is 0 Å². The highest BCUT2D eigenvalue weighted by Gasteiger charge is 2.32. The summed E-state index contributed by atoms with van der Waals surface area (Å²) in [5, 5.41) is 2.98. The summed E-state index contributed by atoms with van der Waals surface area (Å²) in [4.78, 5) is 14.0. The zero-order valence-corrected chi connectivity index (χ0v) is 16.8. The van der Waals surface area contributed by atoms with Gasteiger partial charge in [0, 0.05) is 24.5 Å². The number of carbonyl (C=O) groups is 1. The maximum absolute atomic E-state index is 12.8. The molecule has 154 valence electrons. The lowest BCUT2D eigenvalue weighted by Gasteiger charge is -2.24. The number of amides is 1. The Hall–Kier alpha value is -2.93. The molecule has 4 rings (SSSR count). The molecular formula is C22H27N2O5+. The Morgan fingerprint density at radius 1 is 1.10 bits per heavy atom. The number of anilines is 1. The molecule has 2 aromatic rings. The first kappa shape index (κ1) is 19.4. The van der Waals surface area contributed by atoms with E-state index in [9.17, 15) is 4.79 Å². The largest absolute Gasteiger partial charge is 0.497 e. The smallest absolute Gasteiger partial charge is 0.279 e. The molecule has 2 N–H and O–H groups in total. The van der Waals surface area contributed by atoms with Gasteiger partial charge >= 0.3 is 0 Å². The second kappa shape index (κ2) is 8.61. The fraction of sp³-hybridized carbons (Fsp3) is 0.409. The summed E-state index contributed by atoms with van der Waals surface area (Å²) in [6.45, 7) is 2.50. The van der Waals surface area contributed by atoms with Crippen LogP contribution in [0.15, 0.2) is 36.4 Å². The number of fused-ring (bicyclic) bond motifs is 1. The molecule has 2 aliphatic heterocycles. The van der Waals surface area contributed by atoms with Crippen molar-refractivity contribution in [2.75, 3.05) is 45.8 Å². The minimum atomic E-state index is -0.0454. The van der Waals surface area contributed by atoms with E-state index >= 15 is 0 Å². The molecule has 7 nitrogen and oxygen atoms in total. The molecule has 2 heterocycles. The number of rotatable bonds is 6. The number of methoxy groups -OCH3 is 2. The number of hydrogen-bond acceptors (Lipinski definition) is 5. The zero-order valence-electron chi connectivity index (χ0n) is 16.8. The van der Waals surface area contributed by atoms with Crippen LogP contribution in [-0.2, 0) is 4.79 Å². The van der Waals surface area contributed by atoms with E-state index < -0.39 is 0 Å². The molecule has 0 aliphatic carbocycles. The van der Waals surface area contributed by atoms with Crippen LogP contribution in [-0.4, -0.2) is 46.4 Å². The van der Waals surface area contributed by atoms with Gasteiger partial charge in [-0.15, -0.1) is 0 Å². The molecule has 0 aromatic heterocycles. The summed E-state index contributed by atoms with van der Waals surface area (Å²) in [6, 6.07) is 11.8. The third-order valence-corrected chi connectivity index (χ3v) is 5.52. The predicted octanol–water partition coefficient (Wildman–Crippen LogP) is 1.83. The molecule has 1 unspecified atom stereocenters. The fourth-order valence-corrected chi connectivity index (χ4v) is 4.11. The highest BCUT2D eigenvalue weighted by atomic mass is 16.6. The van der Waals surface area contributed by atoms with Crippen LogP contribution >= 0.6 is 0 Å². The standard InChI is InChI=1S/C22H26N2O5/c1-26-16-6-8-19(27-2)17(13-16)23-22(25)14-24-9-3-4-18(24)15-5-7-20-21(12-15)29-11-10-28-20/h5-8,12-13,18H,3-4,9-11,14H2,1-2H3,(H,23,25)/p+1/t18-/m0/s1. The van der Waals surface area contributed by atoms with Gasteiger partial charge in [0.15, 0.2) is 18.0 Å². The van der Waals surface area contributed by atoms with Crippen molar-refractivity contribution in [2.45, 2.75) is 18.9 Å². The van der Waals surface area contributed by atoms with Crippen molar-refractivity contribution in [2.24, 2.45) is 0 Å². The highest BCUT2D eigenvalue weighted by Crippen LogP contribution is 2.33. The Kier molecular flexibility index (Phi) is 5.76. The molecule has 2 atom stereocenters. The Bertz CT molecular complexity index is 886. The van der Waals surface area contributed by atoms with E-state index in [0.29, 0.717) is 36.9 Å². The van der Waals surface area contributed by atoms with Gasteiger partial charge < -0.3 is 29.2 Å². The number of likely N-dealkylation sites (tertiary alicyclic amines) is 1. The van der Waals surface area contributed by atoms with Gasteiger partial charge in [0.1, 0.15) is 30.8 Å². The van der Waals surface area contributed by atoms with E-state index in [-0.39, 0.29) is 11.9 Å². The second-order valence-electron chi connectivity index (χ2n) is 7.30. The number of benzene rings is 2. The summed E-state index contributed by atoms with van der Waals surface area (Å²) in [6.07, 6.45) is 2.13. The third-order valence-electron chi connectivity index (χ3n) is 5.52. The monoisotopic (exact) mass is 399 g/mol. The molecule has 0 radical (unpaired) electrons. The van der Waals surface area contributed by atoms with Gasteiger partial charge in [-0.3, -0.25) is 4.79 Å². The minimum absolute atomic E-state index is 0.0454. The number of ether oxygens (including phenoxy) is 4. The molecule has 1 fully saturated rings. The molecule has 0 bridgehead atoms. The van der Waals surface area contributed by atoms with Crippen LogP contribution in [0.2, 0.25) is 0 Å². The van der Waals surface area contributed by atoms with Crippen molar-refractivity contribution in [3.05, 3.63) is 42.0 Å². The lowest BCUT2D eigenvalue weighted by molar-refractivity contribution is -0.910. The summed E-state index contributed by atoms with van der Waals surface area (Å²) in [5.41, 5.74) is 1.81. The molecule has 7 heteroatoms. The van der Waals surface area contributed by atoms with Crippen molar-refractivity contribution in [3.63, 3.8) is 0 Å². The zero-order chi connectivity index (χ0) is 20.2. The van der Waals surface area contributed by atoms with Gasteiger partial charge in [0.05, 0.1) is 26.5 Å². The Balaban J connectivity index is 1.45. The van der Waals surface area contributed by atoms with Crippen molar-refractivity contribution in [3.8, 4) is 23.0 Å². The van der Waals surface area contributed by atoms with E-state index in [0.717, 1.165) is 30.9 Å². The predicted molar refractivity (Wildman–Crippen MR) is 108 cm³/mol. The molecule has 2 aromatic carbocycles. The van der Waals surface area contributed by atoms with E-state index in [1.807, 2.05) is 6.07 Å². The quantitative estimate of drug-likeness (QED) is 0.776. The van der Waals surface area contributed by atoms with Gasteiger partial charge in [0.25, 0.3) is 5.91 Å². The number of quaternary nitrogens is 1. The summed E-state index contributed by atoms with van der Waals surface area (Å²) in [7, 11) is 3.18. The fourth-order valence-electron chi connectivity index (χ4n) is 4.11. The first-order chi connectivity index (χ1) is 14.2. The van der Waals surface area contributed by atoms with Crippen molar-refractivity contribution in [1.82, 2.24) is 0 Å². The molecule has 1 amide bonds. The minimum Gasteiger partial charge on any atom is -0.497 e. The van der Waals surface area contributed by atoms with Crippen LogP contribution in [0.25, 0.3) is 0 Å². The Morgan fingerprint density at radius 2 is 1.93 bits per heavy atom. The normalized spacial score (nSPS) is 20.2. The number of hydrogen-bond donors (Lipinski definition) is 2. The van der Waals surface area contributed by atoms with E-state index in [1.165, 1.54) is 10.5 Å². The van der Waals surface area contributed by atoms with E-state index in [1.54, 1.807) is 32.4 Å². The van der Waals surface area contributed by atoms with Crippen molar-refractivity contribution in [1.29, 1.82) is 0 Å². The van der Waals surface area contributed by atoms with Gasteiger partial charge in [-0.1, -0.05) is 0 Å². The maximum Gasteiger partial charge on any atom is 0.279 e. The van der Waals surface area contributed by atoms with Crippen LogP contribution in [0.3, 0.4) is 0 Å². The van der Waals surface area contributed by atoms with Crippen molar-refractivity contribution < 1.29 is 28.6 Å². The molecule has 1 saturated heterocycles. The van der Waals surface area contributed by atoms with E-state index in [4.69, 9.17) is 18.9 Å². The van der Waals surface area contributed by atoms with Crippen LogP contribution < -0.4 is 29.2 Å². The van der Waals surface area contributed by atoms with Gasteiger partial charge in [-0.05, 0) is 30.3 Å². The molecule has 29 heavy (non-hydrogen) atoms. The summed E-state index contributed by atoms with van der Waals surface area (Å²) in [5.74, 6) is 2.83. The lowest BCUT2D eigenvalue weighted by atomic mass is 10.0. The molecule has 0 spiro atoms. The van der Waals surface area contributed by atoms with Crippen LogP contribution in [0.5, 0.6) is 23.0 Å². The average molecular weight is 399 g/mol. The molecular weight excluding hydrogens is 372 g/mol. The molecule has 0 saturated carbocycles. The summed E-state index contributed by atoms with van der Waals surface area (Å²) < 4.78 is 22.0. The number of nitrogens with one attached hydrogen (secondary N) is 2. The maximum atomic E-state index is 12.8. The highest BCUT2D eigenvalue weighted by molar-refractivity contribution is 5.93. The Morgan fingerprint density at radius 3 is 2.72 bits per heavy atom. The van der Waals surface area contributed by atoms with E-state index in [2.05, 4.69) is 17.4 Å². The lowest BCUT2D eigenvalue weighted by Crippen LogP contribution is -3.11.